The molecule has 1 fully saturated rings. The Bertz CT molecular complexity index is 989. The van der Waals surface area contributed by atoms with Gasteiger partial charge in [-0.15, -0.1) is 0 Å². The maximum absolute atomic E-state index is 12.7. The summed E-state index contributed by atoms with van der Waals surface area (Å²) in [6, 6.07) is 11.8. The molecule has 9 nitrogen and oxygen atoms in total. The van der Waals surface area contributed by atoms with Gasteiger partial charge in [0.2, 0.25) is 5.91 Å². The minimum atomic E-state index is -1.37. The summed E-state index contributed by atoms with van der Waals surface area (Å²) in [5, 5.41) is 5.80. The number of hydrogen-bond donors (Lipinski definition) is 2. The number of hydrazone groups is 1. The van der Waals surface area contributed by atoms with Gasteiger partial charge in [-0.05, 0) is 48.5 Å². The van der Waals surface area contributed by atoms with Crippen LogP contribution in [0.1, 0.15) is 10.4 Å². The number of nitrogens with zero attached hydrogens (tertiary/aromatic N) is 2. The number of methoxy groups -OCH3 is 1. The van der Waals surface area contributed by atoms with Crippen molar-refractivity contribution in [1.82, 2.24) is 10.7 Å². The number of amides is 5. The number of anilines is 1. The van der Waals surface area contributed by atoms with Crippen molar-refractivity contribution in [2.45, 2.75) is 0 Å². The van der Waals surface area contributed by atoms with Crippen molar-refractivity contribution < 1.29 is 23.9 Å². The van der Waals surface area contributed by atoms with E-state index >= 15 is 0 Å². The standard InChI is InChI=1S/C19H15BrN4O5/c1-29-14-8-6-13(7-9-14)24-18(27)15(17(26)22-19(24)28)10-21-23-16(25)11-2-4-12(20)5-3-11/h2-10,15H,1H3,(H,23,25)(H,22,26,28)/b21-10-/t15-/m0/s1. The van der Waals surface area contributed by atoms with Gasteiger partial charge in [0, 0.05) is 16.3 Å². The molecular weight excluding hydrogens is 444 g/mol. The van der Waals surface area contributed by atoms with Crippen molar-refractivity contribution in [3.63, 3.8) is 0 Å². The smallest absolute Gasteiger partial charge is 0.335 e. The van der Waals surface area contributed by atoms with Crippen LogP contribution in [0, 0.1) is 5.92 Å². The highest BCUT2D eigenvalue weighted by atomic mass is 79.9. The average molecular weight is 459 g/mol. The Balaban J connectivity index is 1.73. The van der Waals surface area contributed by atoms with E-state index in [9.17, 15) is 19.2 Å². The largest absolute Gasteiger partial charge is 0.497 e. The fourth-order valence-corrected chi connectivity index (χ4v) is 2.80. The summed E-state index contributed by atoms with van der Waals surface area (Å²) in [6.45, 7) is 0. The second-order valence-electron chi connectivity index (χ2n) is 5.87. The highest BCUT2D eigenvalue weighted by molar-refractivity contribution is 9.10. The summed E-state index contributed by atoms with van der Waals surface area (Å²) < 4.78 is 5.86. The molecule has 0 aliphatic carbocycles. The molecule has 0 aromatic heterocycles. The molecular formula is C19H15BrN4O5. The predicted molar refractivity (Wildman–Crippen MR) is 108 cm³/mol. The van der Waals surface area contributed by atoms with Gasteiger partial charge in [0.1, 0.15) is 5.75 Å². The number of carbonyl (C=O) groups excluding carboxylic acids is 4. The summed E-state index contributed by atoms with van der Waals surface area (Å²) in [4.78, 5) is 49.8. The SMILES string of the molecule is COc1ccc(N2C(=O)NC(=O)[C@H](/C=N\NC(=O)c3ccc(Br)cc3)C2=O)cc1. The van der Waals surface area contributed by atoms with Crippen molar-refractivity contribution >= 4 is 51.6 Å². The van der Waals surface area contributed by atoms with Crippen molar-refractivity contribution in [2.75, 3.05) is 12.0 Å². The first-order valence-electron chi connectivity index (χ1n) is 8.32. The van der Waals surface area contributed by atoms with E-state index < -0.39 is 29.7 Å². The maximum Gasteiger partial charge on any atom is 0.335 e. The Morgan fingerprint density at radius 1 is 1.14 bits per heavy atom. The van der Waals surface area contributed by atoms with Crippen molar-refractivity contribution in [3.8, 4) is 5.75 Å². The van der Waals surface area contributed by atoms with Crippen LogP contribution in [0.15, 0.2) is 58.1 Å². The van der Waals surface area contributed by atoms with Gasteiger partial charge in [-0.3, -0.25) is 19.7 Å². The molecule has 2 aromatic carbocycles. The van der Waals surface area contributed by atoms with Gasteiger partial charge in [0.25, 0.3) is 11.8 Å². The fraction of sp³-hybridized carbons (Fsp3) is 0.105. The van der Waals surface area contributed by atoms with Crippen LogP contribution in [0.25, 0.3) is 0 Å². The van der Waals surface area contributed by atoms with Crippen LogP contribution in [-0.2, 0) is 9.59 Å². The number of ether oxygens (including phenoxy) is 1. The maximum atomic E-state index is 12.7. The summed E-state index contributed by atoms with van der Waals surface area (Å²) >= 11 is 3.27. The summed E-state index contributed by atoms with van der Waals surface area (Å²) in [6.07, 6.45) is 0.984. The van der Waals surface area contributed by atoms with Crippen molar-refractivity contribution in [2.24, 2.45) is 11.0 Å². The van der Waals surface area contributed by atoms with Crippen LogP contribution >= 0.6 is 15.9 Å². The zero-order valence-corrected chi connectivity index (χ0v) is 16.7. The number of halogens is 1. The van der Waals surface area contributed by atoms with Crippen LogP contribution in [-0.4, -0.2) is 37.1 Å². The number of nitrogens with one attached hydrogen (secondary N) is 2. The Labute approximate surface area is 173 Å². The lowest BCUT2D eigenvalue weighted by Gasteiger charge is -2.28. The van der Waals surface area contributed by atoms with E-state index in [2.05, 4.69) is 31.8 Å². The minimum absolute atomic E-state index is 0.262. The van der Waals surface area contributed by atoms with E-state index in [1.807, 2.05) is 0 Å². The zero-order chi connectivity index (χ0) is 21.0. The van der Waals surface area contributed by atoms with Gasteiger partial charge in [-0.1, -0.05) is 15.9 Å². The molecule has 5 amide bonds. The van der Waals surface area contributed by atoms with E-state index in [1.165, 1.54) is 19.2 Å². The highest BCUT2D eigenvalue weighted by Crippen LogP contribution is 2.23. The molecule has 0 spiro atoms. The zero-order valence-electron chi connectivity index (χ0n) is 15.1. The first kappa shape index (κ1) is 20.2. The molecule has 2 aromatic rings. The van der Waals surface area contributed by atoms with Gasteiger partial charge in [0.05, 0.1) is 12.8 Å². The molecule has 1 saturated heterocycles. The molecule has 0 radical (unpaired) electrons. The molecule has 10 heteroatoms. The highest BCUT2D eigenvalue weighted by Gasteiger charge is 2.40. The van der Waals surface area contributed by atoms with Gasteiger partial charge in [-0.2, -0.15) is 5.10 Å². The Hall–Kier alpha value is -3.53. The molecule has 1 atom stereocenters. The number of hydrogen-bond acceptors (Lipinski definition) is 6. The molecule has 1 heterocycles. The van der Waals surface area contributed by atoms with E-state index in [4.69, 9.17) is 4.74 Å². The monoisotopic (exact) mass is 458 g/mol. The van der Waals surface area contributed by atoms with Crippen LogP contribution in [0.3, 0.4) is 0 Å². The number of barbiturate groups is 1. The van der Waals surface area contributed by atoms with E-state index in [-0.39, 0.29) is 5.69 Å². The van der Waals surface area contributed by atoms with Crippen molar-refractivity contribution in [1.29, 1.82) is 0 Å². The number of urea groups is 1. The molecule has 29 heavy (non-hydrogen) atoms. The second-order valence-corrected chi connectivity index (χ2v) is 6.79. The van der Waals surface area contributed by atoms with E-state index in [1.54, 1.807) is 36.4 Å². The first-order chi connectivity index (χ1) is 13.9. The summed E-state index contributed by atoms with van der Waals surface area (Å²) in [5.41, 5.74) is 2.86. The minimum Gasteiger partial charge on any atom is -0.497 e. The lowest BCUT2D eigenvalue weighted by Crippen LogP contribution is -2.58. The van der Waals surface area contributed by atoms with Gasteiger partial charge in [0.15, 0.2) is 5.92 Å². The Kier molecular flexibility index (Phi) is 6.03. The van der Waals surface area contributed by atoms with Gasteiger partial charge in [-0.25, -0.2) is 15.1 Å². The second kappa shape index (κ2) is 8.65. The molecule has 0 bridgehead atoms. The number of benzene rings is 2. The normalized spacial score (nSPS) is 16.7. The third kappa shape index (κ3) is 4.49. The van der Waals surface area contributed by atoms with E-state index in [0.29, 0.717) is 11.3 Å². The number of imide groups is 2. The van der Waals surface area contributed by atoms with Crippen molar-refractivity contribution in [3.05, 3.63) is 58.6 Å². The number of carbonyl (C=O) groups is 4. The molecule has 3 rings (SSSR count). The van der Waals surface area contributed by atoms with Crippen LogP contribution in [0.4, 0.5) is 10.5 Å². The molecule has 1 aliphatic rings. The molecule has 148 valence electrons. The first-order valence-corrected chi connectivity index (χ1v) is 9.12. The molecule has 2 N–H and O–H groups in total. The lowest BCUT2D eigenvalue weighted by atomic mass is 10.1. The van der Waals surface area contributed by atoms with Gasteiger partial charge < -0.3 is 4.74 Å². The molecule has 0 saturated carbocycles. The number of rotatable bonds is 5. The third-order valence-corrected chi connectivity index (χ3v) is 4.56. The van der Waals surface area contributed by atoms with Crippen LogP contribution in [0.2, 0.25) is 0 Å². The Morgan fingerprint density at radius 3 is 2.41 bits per heavy atom. The lowest BCUT2D eigenvalue weighted by molar-refractivity contribution is -0.131. The third-order valence-electron chi connectivity index (χ3n) is 4.03. The van der Waals surface area contributed by atoms with E-state index in [0.717, 1.165) is 15.6 Å². The van der Waals surface area contributed by atoms with Crippen LogP contribution in [0.5, 0.6) is 5.75 Å². The molecule has 1 aliphatic heterocycles. The predicted octanol–water partition coefficient (Wildman–Crippen LogP) is 2.07. The summed E-state index contributed by atoms with van der Waals surface area (Å²) in [5.74, 6) is -2.96. The quantitative estimate of drug-likeness (QED) is 0.404. The fourth-order valence-electron chi connectivity index (χ4n) is 2.53. The summed E-state index contributed by atoms with van der Waals surface area (Å²) in [7, 11) is 1.49. The topological polar surface area (TPSA) is 117 Å². The van der Waals surface area contributed by atoms with Gasteiger partial charge >= 0.3 is 6.03 Å². The Morgan fingerprint density at radius 2 is 1.79 bits per heavy atom. The average Bonchev–Trinajstić information content (AvgIpc) is 2.71. The van der Waals surface area contributed by atoms with Crippen LogP contribution < -0.4 is 20.4 Å². The molecule has 0 unspecified atom stereocenters.